The Labute approximate surface area is 237 Å². The molecule has 6 nitrogen and oxygen atoms in total. The van der Waals surface area contributed by atoms with E-state index >= 15 is 0 Å². The molecule has 0 saturated carbocycles. The summed E-state index contributed by atoms with van der Waals surface area (Å²) in [5.74, 6) is 0.692. The third kappa shape index (κ3) is 5.59. The lowest BCUT2D eigenvalue weighted by molar-refractivity contribution is 0.192. The summed E-state index contributed by atoms with van der Waals surface area (Å²) in [7, 11) is 0. The highest BCUT2D eigenvalue weighted by Gasteiger charge is 2.21. The molecule has 0 bridgehead atoms. The zero-order chi connectivity index (χ0) is 27.6. The predicted octanol–water partition coefficient (Wildman–Crippen LogP) is 5.11. The minimum absolute atomic E-state index is 0.301. The summed E-state index contributed by atoms with van der Waals surface area (Å²) in [6.45, 7) is 12.1. The molecule has 0 radical (unpaired) electrons. The van der Waals surface area contributed by atoms with E-state index in [0.29, 0.717) is 12.0 Å². The number of aromatic nitrogens is 3. The lowest BCUT2D eigenvalue weighted by Crippen LogP contribution is -2.40. The van der Waals surface area contributed by atoms with Gasteiger partial charge in [0.05, 0.1) is 50.6 Å². The van der Waals surface area contributed by atoms with Gasteiger partial charge in [0.2, 0.25) is 0 Å². The van der Waals surface area contributed by atoms with Crippen LogP contribution in [0.5, 0.6) is 0 Å². The van der Waals surface area contributed by atoms with E-state index in [0.717, 1.165) is 90.2 Å². The Hall–Kier alpha value is -3.77. The third-order valence-corrected chi connectivity index (χ3v) is 7.99. The van der Waals surface area contributed by atoms with E-state index in [1.165, 1.54) is 10.9 Å². The van der Waals surface area contributed by atoms with Crippen LogP contribution in [0.15, 0.2) is 59.7 Å². The molecule has 1 aromatic carbocycles. The van der Waals surface area contributed by atoms with Gasteiger partial charge in [0.25, 0.3) is 0 Å². The zero-order valence-corrected chi connectivity index (χ0v) is 24.2. The largest absolute Gasteiger partial charge is 0.352 e. The van der Waals surface area contributed by atoms with Gasteiger partial charge in [-0.25, -0.2) is 4.98 Å². The fraction of sp³-hybridized carbons (Fsp3) is 0.382. The van der Waals surface area contributed by atoms with Crippen LogP contribution < -0.4 is 21.4 Å². The Balaban J connectivity index is 1.53. The van der Waals surface area contributed by atoms with E-state index in [2.05, 4.69) is 95.2 Å². The lowest BCUT2D eigenvalue weighted by atomic mass is 10.0. The van der Waals surface area contributed by atoms with Crippen LogP contribution in [-0.2, 0) is 0 Å². The fourth-order valence-electron chi connectivity index (χ4n) is 5.94. The van der Waals surface area contributed by atoms with Crippen LogP contribution in [0.2, 0.25) is 0 Å². The summed E-state index contributed by atoms with van der Waals surface area (Å²) in [4.78, 5) is 17.7. The summed E-state index contributed by atoms with van der Waals surface area (Å²) in [6.07, 6.45) is 10.6. The van der Waals surface area contributed by atoms with Crippen LogP contribution in [0.25, 0.3) is 29.2 Å². The number of nitrogens with zero attached hydrogens (tertiary/aromatic N) is 5. The first-order valence-corrected chi connectivity index (χ1v) is 14.7. The second kappa shape index (κ2) is 11.4. The van der Waals surface area contributed by atoms with Gasteiger partial charge in [-0.15, -0.1) is 0 Å². The number of pyridine rings is 1. The number of rotatable bonds is 6. The topological polar surface area (TPSA) is 58.3 Å². The highest BCUT2D eigenvalue weighted by atomic mass is 15.1. The normalized spacial score (nSPS) is 16.6. The van der Waals surface area contributed by atoms with Gasteiger partial charge in [0, 0.05) is 31.5 Å². The quantitative estimate of drug-likeness (QED) is 0.375. The molecule has 6 rings (SSSR count). The van der Waals surface area contributed by atoms with Crippen LogP contribution in [0.1, 0.15) is 50.8 Å². The average Bonchev–Trinajstić information content (AvgIpc) is 2.95. The molecule has 2 aliphatic carbocycles. The number of hydrogen-bond acceptors (Lipinski definition) is 5. The number of benzene rings is 2. The van der Waals surface area contributed by atoms with Crippen LogP contribution in [-0.4, -0.2) is 45.1 Å². The van der Waals surface area contributed by atoms with Crippen molar-refractivity contribution in [1.82, 2.24) is 19.4 Å². The van der Waals surface area contributed by atoms with E-state index in [1.54, 1.807) is 0 Å². The first-order valence-electron chi connectivity index (χ1n) is 14.7. The number of aryl methyl sites for hydroxylation is 2. The predicted molar refractivity (Wildman–Crippen MR) is 164 cm³/mol. The Morgan fingerprint density at radius 1 is 0.975 bits per heavy atom. The van der Waals surface area contributed by atoms with Crippen molar-refractivity contribution >= 4 is 23.5 Å². The van der Waals surface area contributed by atoms with E-state index in [-0.39, 0.29) is 0 Å². The van der Waals surface area contributed by atoms with Crippen LogP contribution >= 0.6 is 0 Å². The van der Waals surface area contributed by atoms with E-state index in [4.69, 9.17) is 9.98 Å². The molecule has 206 valence electrons. The molecule has 0 unspecified atom stereocenters. The number of anilines is 2. The zero-order valence-electron chi connectivity index (χ0n) is 24.2. The molecule has 2 aliphatic heterocycles. The third-order valence-electron chi connectivity index (χ3n) is 7.99. The molecule has 0 amide bonds. The van der Waals surface area contributed by atoms with Crippen molar-refractivity contribution in [3.63, 3.8) is 0 Å². The maximum Gasteiger partial charge on any atom is 0.0900 e. The summed E-state index contributed by atoms with van der Waals surface area (Å²) < 4.78 is 2.37. The minimum atomic E-state index is 0.301. The van der Waals surface area contributed by atoms with Gasteiger partial charge in [-0.2, -0.15) is 0 Å². The summed E-state index contributed by atoms with van der Waals surface area (Å²) in [6, 6.07) is 17.6. The molecular weight excluding hydrogens is 492 g/mol. The first kappa shape index (κ1) is 26.5. The summed E-state index contributed by atoms with van der Waals surface area (Å²) in [5.41, 5.74) is 7.39. The highest BCUT2D eigenvalue weighted by Crippen LogP contribution is 2.25. The number of fused-ring (bicyclic) bond motifs is 2. The molecule has 1 fully saturated rings. The second-order valence-corrected chi connectivity index (χ2v) is 11.7. The van der Waals surface area contributed by atoms with Crippen molar-refractivity contribution in [1.29, 1.82) is 0 Å². The average molecular weight is 533 g/mol. The van der Waals surface area contributed by atoms with Gasteiger partial charge in [-0.05, 0) is 81.8 Å². The van der Waals surface area contributed by atoms with Gasteiger partial charge in [-0.1, -0.05) is 43.7 Å². The molecular formula is C34H40N6. The van der Waals surface area contributed by atoms with Gasteiger partial charge in [0.1, 0.15) is 0 Å². The second-order valence-electron chi connectivity index (χ2n) is 11.7. The lowest BCUT2D eigenvalue weighted by Gasteiger charge is -2.31. The van der Waals surface area contributed by atoms with Crippen molar-refractivity contribution in [2.24, 2.45) is 10.9 Å². The molecule has 1 N–H and O–H groups in total. The molecule has 0 atom stereocenters. The van der Waals surface area contributed by atoms with Crippen molar-refractivity contribution in [3.05, 3.63) is 82.0 Å². The molecule has 40 heavy (non-hydrogen) atoms. The van der Waals surface area contributed by atoms with Crippen molar-refractivity contribution in [2.45, 2.75) is 59.4 Å². The maximum atomic E-state index is 5.40. The molecule has 0 spiro atoms. The van der Waals surface area contributed by atoms with Gasteiger partial charge in [-0.3, -0.25) is 9.98 Å². The van der Waals surface area contributed by atoms with E-state index in [9.17, 15) is 0 Å². The summed E-state index contributed by atoms with van der Waals surface area (Å²) >= 11 is 0. The highest BCUT2D eigenvalue weighted by molar-refractivity contribution is 5.71. The number of piperidine rings is 1. The molecule has 2 aromatic rings. The Kier molecular flexibility index (Phi) is 7.53. The van der Waals surface area contributed by atoms with Gasteiger partial charge in [0.15, 0.2) is 0 Å². The molecule has 1 aromatic heterocycles. The Bertz CT molecular complexity index is 1660. The maximum absolute atomic E-state index is 5.40. The molecule has 6 heteroatoms. The Morgan fingerprint density at radius 2 is 1.75 bits per heavy atom. The number of hydrogen-bond donors (Lipinski definition) is 1. The van der Waals surface area contributed by atoms with Gasteiger partial charge >= 0.3 is 0 Å². The van der Waals surface area contributed by atoms with Crippen LogP contribution in [0.4, 0.5) is 11.4 Å². The van der Waals surface area contributed by atoms with E-state index < -0.39 is 0 Å². The SMILES string of the molecule is Cc1ccc(-n2c3cc(=NC4CCN(CC(C)C)CC4)c(Nc4cccnc4C)cc-3nc3c2=CCCC=3)cc1. The molecule has 3 heterocycles. The number of likely N-dealkylation sites (tertiary alicyclic amines) is 1. The molecule has 1 saturated heterocycles. The van der Waals surface area contributed by atoms with Crippen LogP contribution in [0, 0.1) is 19.8 Å². The smallest absolute Gasteiger partial charge is 0.0900 e. The first-order chi connectivity index (χ1) is 19.4. The number of nitrogens with one attached hydrogen (secondary N) is 1. The van der Waals surface area contributed by atoms with Gasteiger partial charge < -0.3 is 14.8 Å². The van der Waals surface area contributed by atoms with Crippen molar-refractivity contribution in [3.8, 4) is 17.1 Å². The fourth-order valence-corrected chi connectivity index (χ4v) is 5.94. The van der Waals surface area contributed by atoms with E-state index in [1.807, 2.05) is 19.2 Å². The standard InChI is InChI=1S/C34H40N6/c1-23(2)22-39-18-15-26(16-19-39)36-31-21-34-32(20-30(31)37-28-9-7-17-35-25(28)4)38-29-8-5-6-10-33(29)40(34)27-13-11-24(3)12-14-27/h7-14,17,20-21,23,26,37H,5-6,15-16,18-19,22H2,1-4H3. The summed E-state index contributed by atoms with van der Waals surface area (Å²) in [5, 5.41) is 6.87. The van der Waals surface area contributed by atoms with Crippen LogP contribution in [0.3, 0.4) is 0 Å². The monoisotopic (exact) mass is 532 g/mol. The Morgan fingerprint density at radius 3 is 2.50 bits per heavy atom. The molecule has 4 aliphatic rings. The van der Waals surface area contributed by atoms with Crippen molar-refractivity contribution in [2.75, 3.05) is 25.0 Å². The van der Waals surface area contributed by atoms with Crippen molar-refractivity contribution < 1.29 is 0 Å². The minimum Gasteiger partial charge on any atom is -0.352 e.